The van der Waals surface area contributed by atoms with Crippen molar-refractivity contribution < 1.29 is 4.79 Å². The van der Waals surface area contributed by atoms with Crippen LogP contribution in [0.1, 0.15) is 51.9 Å². The van der Waals surface area contributed by atoms with E-state index in [1.165, 1.54) is 0 Å². The molecule has 3 rings (SSSR count). The molecule has 1 aromatic carbocycles. The first-order valence-electron chi connectivity index (χ1n) is 9.90. The highest BCUT2D eigenvalue weighted by Gasteiger charge is 2.20. The summed E-state index contributed by atoms with van der Waals surface area (Å²) < 4.78 is 0. The molecule has 0 bridgehead atoms. The minimum atomic E-state index is -0.395. The fourth-order valence-corrected chi connectivity index (χ4v) is 2.86. The summed E-state index contributed by atoms with van der Waals surface area (Å²) >= 11 is 0. The summed E-state index contributed by atoms with van der Waals surface area (Å²) in [4.78, 5) is 25.6. The second-order valence-electron chi connectivity index (χ2n) is 8.51. The SMILES string of the molecule is CC(C)c1ncc(-c2ccncc2)c(-c2ccc(CNC(=O)C(C)(C)C)cc2)n1. The molecule has 0 fully saturated rings. The predicted molar refractivity (Wildman–Crippen MR) is 116 cm³/mol. The summed E-state index contributed by atoms with van der Waals surface area (Å²) in [5.41, 5.74) is 4.59. The molecular formula is C24H28N4O. The minimum absolute atomic E-state index is 0.0407. The summed E-state index contributed by atoms with van der Waals surface area (Å²) in [6.07, 6.45) is 5.44. The van der Waals surface area contributed by atoms with Crippen molar-refractivity contribution >= 4 is 5.91 Å². The van der Waals surface area contributed by atoms with Crippen LogP contribution in [0.5, 0.6) is 0 Å². The van der Waals surface area contributed by atoms with Gasteiger partial charge in [-0.15, -0.1) is 0 Å². The Labute approximate surface area is 172 Å². The Morgan fingerprint density at radius 1 is 1.00 bits per heavy atom. The zero-order valence-corrected chi connectivity index (χ0v) is 17.7. The Kier molecular flexibility index (Phi) is 6.06. The highest BCUT2D eigenvalue weighted by atomic mass is 16.2. The maximum Gasteiger partial charge on any atom is 0.225 e. The van der Waals surface area contributed by atoms with Crippen LogP contribution in [0.25, 0.3) is 22.4 Å². The van der Waals surface area contributed by atoms with Gasteiger partial charge in [0.1, 0.15) is 5.82 Å². The second-order valence-corrected chi connectivity index (χ2v) is 8.51. The standard InChI is InChI=1S/C24H28N4O/c1-16(2)22-26-15-20(18-10-12-25-13-11-18)21(28-22)19-8-6-17(7-9-19)14-27-23(29)24(3,4)5/h6-13,15-16H,14H2,1-5H3,(H,27,29). The van der Waals surface area contributed by atoms with Gasteiger partial charge in [0.15, 0.2) is 0 Å². The van der Waals surface area contributed by atoms with E-state index in [1.807, 2.05) is 51.2 Å². The van der Waals surface area contributed by atoms with Gasteiger partial charge in [0, 0.05) is 47.6 Å². The van der Waals surface area contributed by atoms with E-state index in [2.05, 4.69) is 41.3 Å². The maximum absolute atomic E-state index is 12.1. The van der Waals surface area contributed by atoms with Crippen molar-refractivity contribution in [2.75, 3.05) is 0 Å². The number of carbonyl (C=O) groups is 1. The van der Waals surface area contributed by atoms with Gasteiger partial charge >= 0.3 is 0 Å². The van der Waals surface area contributed by atoms with Crippen LogP contribution in [-0.2, 0) is 11.3 Å². The molecule has 150 valence electrons. The van der Waals surface area contributed by atoms with Gasteiger partial charge in [-0.1, -0.05) is 58.9 Å². The fraction of sp³-hybridized carbons (Fsp3) is 0.333. The number of rotatable bonds is 5. The third kappa shape index (κ3) is 5.05. The summed E-state index contributed by atoms with van der Waals surface area (Å²) in [5, 5.41) is 2.99. The van der Waals surface area contributed by atoms with Crippen molar-refractivity contribution in [2.24, 2.45) is 5.41 Å². The van der Waals surface area contributed by atoms with Crippen molar-refractivity contribution in [3.63, 3.8) is 0 Å². The molecular weight excluding hydrogens is 360 g/mol. The van der Waals surface area contributed by atoms with E-state index in [0.29, 0.717) is 6.54 Å². The molecule has 5 nitrogen and oxygen atoms in total. The van der Waals surface area contributed by atoms with Gasteiger partial charge in [0.25, 0.3) is 0 Å². The molecule has 5 heteroatoms. The largest absolute Gasteiger partial charge is 0.352 e. The Morgan fingerprint density at radius 2 is 1.66 bits per heavy atom. The smallest absolute Gasteiger partial charge is 0.225 e. The van der Waals surface area contributed by atoms with Crippen LogP contribution in [0, 0.1) is 5.41 Å². The molecule has 2 aromatic heterocycles. The highest BCUT2D eigenvalue weighted by molar-refractivity contribution is 5.81. The number of amides is 1. The summed E-state index contributed by atoms with van der Waals surface area (Å²) in [7, 11) is 0. The number of nitrogens with zero attached hydrogens (tertiary/aromatic N) is 3. The number of hydrogen-bond acceptors (Lipinski definition) is 4. The number of nitrogens with one attached hydrogen (secondary N) is 1. The molecule has 29 heavy (non-hydrogen) atoms. The molecule has 0 atom stereocenters. The van der Waals surface area contributed by atoms with Crippen molar-refractivity contribution in [3.05, 3.63) is 66.4 Å². The van der Waals surface area contributed by atoms with Crippen LogP contribution in [0.4, 0.5) is 0 Å². The van der Waals surface area contributed by atoms with E-state index < -0.39 is 5.41 Å². The van der Waals surface area contributed by atoms with Gasteiger partial charge in [0.2, 0.25) is 5.91 Å². The first kappa shape index (κ1) is 20.6. The minimum Gasteiger partial charge on any atom is -0.352 e. The lowest BCUT2D eigenvalue weighted by atomic mass is 9.95. The van der Waals surface area contributed by atoms with E-state index in [-0.39, 0.29) is 11.8 Å². The van der Waals surface area contributed by atoms with Crippen LogP contribution in [0.3, 0.4) is 0 Å². The first-order valence-corrected chi connectivity index (χ1v) is 9.90. The molecule has 0 unspecified atom stereocenters. The third-order valence-corrected chi connectivity index (χ3v) is 4.68. The quantitative estimate of drug-likeness (QED) is 0.668. The molecule has 1 amide bonds. The highest BCUT2D eigenvalue weighted by Crippen LogP contribution is 2.31. The van der Waals surface area contributed by atoms with Crippen LogP contribution >= 0.6 is 0 Å². The van der Waals surface area contributed by atoms with Gasteiger partial charge in [-0.3, -0.25) is 9.78 Å². The summed E-state index contributed by atoms with van der Waals surface area (Å²) in [5.74, 6) is 1.10. The number of carbonyl (C=O) groups excluding carboxylic acids is 1. The van der Waals surface area contributed by atoms with Gasteiger partial charge in [0.05, 0.1) is 5.69 Å². The number of aromatic nitrogens is 3. The predicted octanol–water partition coefficient (Wildman–Crippen LogP) is 4.99. The summed E-state index contributed by atoms with van der Waals surface area (Å²) in [6, 6.07) is 12.1. The molecule has 1 N–H and O–H groups in total. The van der Waals surface area contributed by atoms with Crippen molar-refractivity contribution in [3.8, 4) is 22.4 Å². The third-order valence-electron chi connectivity index (χ3n) is 4.68. The van der Waals surface area contributed by atoms with Crippen LogP contribution in [0.15, 0.2) is 55.0 Å². The average molecular weight is 389 g/mol. The Morgan fingerprint density at radius 3 is 2.24 bits per heavy atom. The van der Waals surface area contributed by atoms with E-state index in [9.17, 15) is 4.79 Å². The lowest BCUT2D eigenvalue weighted by molar-refractivity contribution is -0.128. The van der Waals surface area contributed by atoms with Crippen LogP contribution < -0.4 is 5.32 Å². The number of benzene rings is 1. The van der Waals surface area contributed by atoms with Crippen molar-refractivity contribution in [1.29, 1.82) is 0 Å². The van der Waals surface area contributed by atoms with Gasteiger partial charge in [-0.2, -0.15) is 0 Å². The fourth-order valence-electron chi connectivity index (χ4n) is 2.86. The molecule has 0 aliphatic heterocycles. The van der Waals surface area contributed by atoms with E-state index in [4.69, 9.17) is 4.98 Å². The Balaban J connectivity index is 1.91. The van der Waals surface area contributed by atoms with Crippen LogP contribution in [-0.4, -0.2) is 20.9 Å². The Hall–Kier alpha value is -3.08. The molecule has 0 radical (unpaired) electrons. The van der Waals surface area contributed by atoms with E-state index in [0.717, 1.165) is 33.8 Å². The molecule has 3 aromatic rings. The zero-order valence-electron chi connectivity index (χ0n) is 17.7. The topological polar surface area (TPSA) is 67.8 Å². The lowest BCUT2D eigenvalue weighted by Crippen LogP contribution is -2.34. The van der Waals surface area contributed by atoms with Crippen molar-refractivity contribution in [1.82, 2.24) is 20.3 Å². The molecule has 2 heterocycles. The van der Waals surface area contributed by atoms with E-state index in [1.54, 1.807) is 12.4 Å². The normalized spacial score (nSPS) is 11.5. The van der Waals surface area contributed by atoms with Gasteiger partial charge in [-0.05, 0) is 23.3 Å². The second kappa shape index (κ2) is 8.52. The summed E-state index contributed by atoms with van der Waals surface area (Å²) in [6.45, 7) is 10.4. The van der Waals surface area contributed by atoms with Crippen molar-refractivity contribution in [2.45, 2.75) is 47.1 Å². The van der Waals surface area contributed by atoms with Crippen LogP contribution in [0.2, 0.25) is 0 Å². The first-order chi connectivity index (χ1) is 13.8. The number of hydrogen-bond donors (Lipinski definition) is 1. The van der Waals surface area contributed by atoms with Gasteiger partial charge in [-0.25, -0.2) is 9.97 Å². The monoisotopic (exact) mass is 388 g/mol. The van der Waals surface area contributed by atoms with Gasteiger partial charge < -0.3 is 5.32 Å². The lowest BCUT2D eigenvalue weighted by Gasteiger charge is -2.17. The maximum atomic E-state index is 12.1. The Bertz CT molecular complexity index is 974. The number of pyridine rings is 1. The zero-order chi connectivity index (χ0) is 21.0. The van der Waals surface area contributed by atoms with E-state index >= 15 is 0 Å². The molecule has 0 spiro atoms. The molecule has 0 saturated heterocycles. The molecule has 0 saturated carbocycles. The molecule has 0 aliphatic carbocycles. The molecule has 0 aliphatic rings. The average Bonchev–Trinajstić information content (AvgIpc) is 2.72.